The van der Waals surface area contributed by atoms with Gasteiger partial charge in [-0.2, -0.15) is 14.0 Å². The maximum Gasteiger partial charge on any atom is 0.285 e. The minimum Gasteiger partial charge on any atom is -0.296 e. The zero-order chi connectivity index (χ0) is 12.7. The Bertz CT molecular complexity index is 371. The van der Waals surface area contributed by atoms with E-state index in [0.717, 1.165) is 0 Å². The second-order valence-electron chi connectivity index (χ2n) is 3.85. The van der Waals surface area contributed by atoms with E-state index >= 15 is 0 Å². The van der Waals surface area contributed by atoms with Gasteiger partial charge in [0.1, 0.15) is 0 Å². The molecule has 0 N–H and O–H groups in total. The van der Waals surface area contributed by atoms with Crippen LogP contribution in [-0.4, -0.2) is 24.5 Å². The number of likely N-dealkylation sites (N-methyl/N-ethyl adjacent to an activating group) is 1. The summed E-state index contributed by atoms with van der Waals surface area (Å²) in [5.41, 5.74) is 0.0235. The van der Waals surface area contributed by atoms with Gasteiger partial charge in [0.25, 0.3) is 5.92 Å². The zero-order valence-corrected chi connectivity index (χ0v) is 9.87. The fourth-order valence-corrected chi connectivity index (χ4v) is 1.61. The van der Waals surface area contributed by atoms with Crippen molar-refractivity contribution in [3.63, 3.8) is 0 Å². The van der Waals surface area contributed by atoms with E-state index in [1.165, 1.54) is 12.1 Å². The average molecular weight is 238 g/mol. The van der Waals surface area contributed by atoms with Crippen molar-refractivity contribution >= 4 is 0 Å². The van der Waals surface area contributed by atoms with Crippen molar-refractivity contribution in [2.75, 3.05) is 19.6 Å². The molecular formula is C13H16F2N2. The third-order valence-electron chi connectivity index (χ3n) is 2.61. The minimum absolute atomic E-state index is 0.0235. The average Bonchev–Trinajstić information content (AvgIpc) is 2.35. The van der Waals surface area contributed by atoms with Gasteiger partial charge in [0.05, 0.1) is 12.6 Å². The van der Waals surface area contributed by atoms with E-state index in [4.69, 9.17) is 5.26 Å². The lowest BCUT2D eigenvalue weighted by atomic mass is 10.1. The summed E-state index contributed by atoms with van der Waals surface area (Å²) in [6.07, 6.45) is 0.276. The first-order chi connectivity index (χ1) is 8.10. The molecule has 0 aromatic heterocycles. The number of hydrogen-bond acceptors (Lipinski definition) is 2. The summed E-state index contributed by atoms with van der Waals surface area (Å²) in [5, 5.41) is 8.46. The van der Waals surface area contributed by atoms with Gasteiger partial charge in [-0.25, -0.2) is 0 Å². The number of nitriles is 1. The molecule has 0 atom stereocenters. The van der Waals surface area contributed by atoms with Gasteiger partial charge in [0.2, 0.25) is 0 Å². The molecule has 1 aromatic carbocycles. The molecule has 0 aliphatic carbocycles. The molecule has 0 amide bonds. The summed E-state index contributed by atoms with van der Waals surface area (Å²) in [7, 11) is 0. The van der Waals surface area contributed by atoms with Gasteiger partial charge in [-0.15, -0.1) is 0 Å². The lowest BCUT2D eigenvalue weighted by Gasteiger charge is -2.25. The van der Waals surface area contributed by atoms with Crippen LogP contribution < -0.4 is 0 Å². The Morgan fingerprint density at radius 1 is 1.29 bits per heavy atom. The topological polar surface area (TPSA) is 27.0 Å². The van der Waals surface area contributed by atoms with E-state index in [1.54, 1.807) is 23.1 Å². The van der Waals surface area contributed by atoms with E-state index in [-0.39, 0.29) is 18.5 Å². The minimum atomic E-state index is -2.87. The third-order valence-corrected chi connectivity index (χ3v) is 2.61. The molecule has 1 aromatic rings. The van der Waals surface area contributed by atoms with Crippen LogP contribution in [0.25, 0.3) is 0 Å². The Hall–Kier alpha value is -1.47. The highest BCUT2D eigenvalue weighted by atomic mass is 19.3. The van der Waals surface area contributed by atoms with Gasteiger partial charge in [0, 0.05) is 18.5 Å². The lowest BCUT2D eigenvalue weighted by molar-refractivity contribution is -0.0364. The number of benzene rings is 1. The lowest BCUT2D eigenvalue weighted by Crippen LogP contribution is -2.35. The first-order valence-corrected chi connectivity index (χ1v) is 5.63. The monoisotopic (exact) mass is 238 g/mol. The fourth-order valence-electron chi connectivity index (χ4n) is 1.61. The highest BCUT2D eigenvalue weighted by Crippen LogP contribution is 2.28. The van der Waals surface area contributed by atoms with Gasteiger partial charge < -0.3 is 0 Å². The number of hydrogen-bond donors (Lipinski definition) is 0. The third kappa shape index (κ3) is 4.12. The molecule has 0 aliphatic rings. The van der Waals surface area contributed by atoms with Gasteiger partial charge in [-0.05, 0) is 6.54 Å². The largest absolute Gasteiger partial charge is 0.296 e. The summed E-state index contributed by atoms with van der Waals surface area (Å²) in [6.45, 7) is 2.38. The number of halogens is 2. The summed E-state index contributed by atoms with van der Waals surface area (Å²) >= 11 is 0. The molecule has 0 fully saturated rings. The molecule has 2 nitrogen and oxygen atoms in total. The smallest absolute Gasteiger partial charge is 0.285 e. The van der Waals surface area contributed by atoms with Crippen molar-refractivity contribution in [2.24, 2.45) is 0 Å². The van der Waals surface area contributed by atoms with Crippen LogP contribution >= 0.6 is 0 Å². The van der Waals surface area contributed by atoms with E-state index in [0.29, 0.717) is 13.1 Å². The molecule has 17 heavy (non-hydrogen) atoms. The highest BCUT2D eigenvalue weighted by molar-refractivity contribution is 5.20. The van der Waals surface area contributed by atoms with E-state index in [1.807, 2.05) is 13.0 Å². The summed E-state index contributed by atoms with van der Waals surface area (Å²) in [5.74, 6) is -2.87. The van der Waals surface area contributed by atoms with Crippen LogP contribution in [0.1, 0.15) is 18.9 Å². The summed E-state index contributed by atoms with van der Waals surface area (Å²) in [4.78, 5) is 1.59. The van der Waals surface area contributed by atoms with Crippen molar-refractivity contribution in [1.29, 1.82) is 5.26 Å². The van der Waals surface area contributed by atoms with E-state index < -0.39 is 5.92 Å². The normalized spacial score (nSPS) is 11.5. The van der Waals surface area contributed by atoms with Gasteiger partial charge in [-0.3, -0.25) is 4.90 Å². The van der Waals surface area contributed by atoms with E-state index in [9.17, 15) is 8.78 Å². The predicted octanol–water partition coefficient (Wildman–Crippen LogP) is 3.01. The Kier molecular flexibility index (Phi) is 5.05. The Morgan fingerprint density at radius 2 is 1.94 bits per heavy atom. The molecule has 0 bridgehead atoms. The van der Waals surface area contributed by atoms with Crippen LogP contribution in [0.2, 0.25) is 0 Å². The molecule has 1 rings (SSSR count). The molecule has 4 heteroatoms. The van der Waals surface area contributed by atoms with Crippen LogP contribution in [-0.2, 0) is 5.92 Å². The number of alkyl halides is 2. The van der Waals surface area contributed by atoms with Crippen molar-refractivity contribution in [1.82, 2.24) is 4.90 Å². The Labute approximate surface area is 100 Å². The quantitative estimate of drug-likeness (QED) is 0.761. The van der Waals surface area contributed by atoms with Crippen molar-refractivity contribution in [3.8, 4) is 6.07 Å². The van der Waals surface area contributed by atoms with E-state index in [2.05, 4.69) is 0 Å². The molecule has 0 saturated heterocycles. The van der Waals surface area contributed by atoms with Crippen molar-refractivity contribution < 1.29 is 8.78 Å². The van der Waals surface area contributed by atoms with Crippen LogP contribution in [0.3, 0.4) is 0 Å². The second kappa shape index (κ2) is 6.31. The van der Waals surface area contributed by atoms with Crippen LogP contribution in [0.15, 0.2) is 30.3 Å². The zero-order valence-electron chi connectivity index (χ0n) is 9.87. The molecule has 0 saturated carbocycles. The maximum atomic E-state index is 13.9. The second-order valence-corrected chi connectivity index (χ2v) is 3.85. The van der Waals surface area contributed by atoms with Crippen molar-refractivity contribution in [2.45, 2.75) is 19.3 Å². The standard InChI is InChI=1S/C13H16F2N2/c1-2-17(10-6-9-16)11-13(14,15)12-7-4-3-5-8-12/h3-5,7-8H,2,6,10-11H2,1H3. The molecule has 0 radical (unpaired) electrons. The maximum absolute atomic E-state index is 13.9. The molecular weight excluding hydrogens is 222 g/mol. The summed E-state index contributed by atoms with van der Waals surface area (Å²) in [6, 6.07) is 9.76. The fraction of sp³-hybridized carbons (Fsp3) is 0.462. The molecule has 0 aliphatic heterocycles. The van der Waals surface area contributed by atoms with Crippen molar-refractivity contribution in [3.05, 3.63) is 35.9 Å². The van der Waals surface area contributed by atoms with Crippen LogP contribution in [0.5, 0.6) is 0 Å². The molecule has 92 valence electrons. The van der Waals surface area contributed by atoms with Crippen LogP contribution in [0, 0.1) is 11.3 Å². The Balaban J connectivity index is 2.68. The first kappa shape index (κ1) is 13.6. The predicted molar refractivity (Wildman–Crippen MR) is 62.7 cm³/mol. The highest BCUT2D eigenvalue weighted by Gasteiger charge is 2.33. The molecule has 0 spiro atoms. The van der Waals surface area contributed by atoms with Crippen LogP contribution in [0.4, 0.5) is 8.78 Å². The number of nitrogens with zero attached hydrogens (tertiary/aromatic N) is 2. The van der Waals surface area contributed by atoms with Gasteiger partial charge in [-0.1, -0.05) is 37.3 Å². The SMILES string of the molecule is CCN(CCC#N)CC(F)(F)c1ccccc1. The number of rotatable bonds is 6. The van der Waals surface area contributed by atoms with Gasteiger partial charge in [0.15, 0.2) is 0 Å². The molecule has 0 unspecified atom stereocenters. The summed E-state index contributed by atoms with van der Waals surface area (Å²) < 4.78 is 27.8. The van der Waals surface area contributed by atoms with Gasteiger partial charge >= 0.3 is 0 Å². The first-order valence-electron chi connectivity index (χ1n) is 5.63. The Morgan fingerprint density at radius 3 is 2.47 bits per heavy atom. The molecule has 0 heterocycles.